The van der Waals surface area contributed by atoms with Gasteiger partial charge in [0.1, 0.15) is 0 Å². The number of rotatable bonds is 3. The van der Waals surface area contributed by atoms with Crippen LogP contribution in [0.15, 0.2) is 48.5 Å². The maximum absolute atomic E-state index is 12.3. The lowest BCUT2D eigenvalue weighted by molar-refractivity contribution is -0.384. The predicted octanol–water partition coefficient (Wildman–Crippen LogP) is 3.93. The van der Waals surface area contributed by atoms with Crippen molar-refractivity contribution in [2.24, 2.45) is 0 Å². The van der Waals surface area contributed by atoms with Gasteiger partial charge in [-0.3, -0.25) is 14.9 Å². The molecule has 0 bridgehead atoms. The first-order valence-electron chi connectivity index (χ1n) is 6.56. The molecule has 1 aromatic heterocycles. The Kier molecular flexibility index (Phi) is 3.75. The Hall–Kier alpha value is -3.24. The van der Waals surface area contributed by atoms with Crippen LogP contribution in [-0.4, -0.2) is 10.8 Å². The number of nitrogens with zero attached hydrogens (tertiary/aromatic N) is 2. The van der Waals surface area contributed by atoms with Crippen LogP contribution in [-0.2, 0) is 0 Å². The van der Waals surface area contributed by atoms with Gasteiger partial charge in [0.2, 0.25) is 0 Å². The molecule has 2 aromatic carbocycles. The van der Waals surface area contributed by atoms with E-state index in [9.17, 15) is 14.9 Å². The van der Waals surface area contributed by atoms with Gasteiger partial charge in [0.05, 0.1) is 21.4 Å². The molecule has 6 nitrogen and oxygen atoms in total. The lowest BCUT2D eigenvalue weighted by Gasteiger charge is -2.02. The van der Waals surface area contributed by atoms with Gasteiger partial charge in [0.15, 0.2) is 0 Å². The van der Waals surface area contributed by atoms with Crippen molar-refractivity contribution in [1.29, 1.82) is 5.26 Å². The second-order valence-corrected chi connectivity index (χ2v) is 5.82. The summed E-state index contributed by atoms with van der Waals surface area (Å²) >= 11 is 1.27. The maximum Gasteiger partial charge on any atom is 0.270 e. The zero-order valence-corrected chi connectivity index (χ0v) is 12.5. The van der Waals surface area contributed by atoms with Gasteiger partial charge in [0, 0.05) is 27.9 Å². The third-order valence-electron chi connectivity index (χ3n) is 3.21. The number of nitrogens with one attached hydrogen (secondary N) is 1. The highest BCUT2D eigenvalue weighted by molar-refractivity contribution is 7.20. The summed E-state index contributed by atoms with van der Waals surface area (Å²) in [6.45, 7) is 0. The van der Waals surface area contributed by atoms with Crippen LogP contribution in [0.1, 0.15) is 15.2 Å². The fourth-order valence-electron chi connectivity index (χ4n) is 2.08. The van der Waals surface area contributed by atoms with Gasteiger partial charge in [-0.05, 0) is 36.4 Å². The molecule has 1 N–H and O–H groups in total. The lowest BCUT2D eigenvalue weighted by atomic mass is 10.2. The second-order valence-electron chi connectivity index (χ2n) is 4.73. The molecule has 0 radical (unpaired) electrons. The monoisotopic (exact) mass is 323 g/mol. The number of carbonyl (C=O) groups is 1. The molecule has 0 fully saturated rings. The number of benzene rings is 2. The molecule has 1 amide bonds. The molecular weight excluding hydrogens is 314 g/mol. The summed E-state index contributed by atoms with van der Waals surface area (Å²) in [7, 11) is 0. The largest absolute Gasteiger partial charge is 0.321 e. The molecule has 0 spiro atoms. The first-order valence-corrected chi connectivity index (χ1v) is 7.38. The van der Waals surface area contributed by atoms with Gasteiger partial charge in [-0.25, -0.2) is 0 Å². The number of amides is 1. The predicted molar refractivity (Wildman–Crippen MR) is 87.6 cm³/mol. The Balaban J connectivity index is 1.85. The van der Waals surface area contributed by atoms with Crippen LogP contribution in [0.2, 0.25) is 0 Å². The Morgan fingerprint density at radius 2 is 1.91 bits per heavy atom. The normalized spacial score (nSPS) is 10.2. The van der Waals surface area contributed by atoms with Crippen molar-refractivity contribution in [1.82, 2.24) is 0 Å². The SMILES string of the molecule is N#Cc1ccc(NC(=O)c2cc3cc([N+](=O)[O-])ccc3s2)cc1. The van der Waals surface area contributed by atoms with Crippen LogP contribution in [0.3, 0.4) is 0 Å². The van der Waals surface area contributed by atoms with Crippen molar-refractivity contribution in [2.75, 3.05) is 5.32 Å². The summed E-state index contributed by atoms with van der Waals surface area (Å²) < 4.78 is 0.806. The first kappa shape index (κ1) is 14.7. The molecule has 0 saturated heterocycles. The average Bonchev–Trinajstić information content (AvgIpc) is 2.98. The summed E-state index contributed by atoms with van der Waals surface area (Å²) in [5.74, 6) is -0.293. The molecule has 0 aliphatic heterocycles. The van der Waals surface area contributed by atoms with Crippen LogP contribution in [0.5, 0.6) is 0 Å². The fourth-order valence-corrected chi connectivity index (χ4v) is 3.02. The van der Waals surface area contributed by atoms with Crippen LogP contribution >= 0.6 is 11.3 Å². The highest BCUT2D eigenvalue weighted by Gasteiger charge is 2.13. The second kappa shape index (κ2) is 5.87. The smallest absolute Gasteiger partial charge is 0.270 e. The quantitative estimate of drug-likeness (QED) is 0.583. The zero-order chi connectivity index (χ0) is 16.4. The van der Waals surface area contributed by atoms with E-state index in [0.29, 0.717) is 21.5 Å². The van der Waals surface area contributed by atoms with E-state index in [4.69, 9.17) is 5.26 Å². The number of carbonyl (C=O) groups excluding carboxylic acids is 1. The van der Waals surface area contributed by atoms with E-state index in [0.717, 1.165) is 4.70 Å². The number of hydrogen-bond donors (Lipinski definition) is 1. The summed E-state index contributed by atoms with van der Waals surface area (Å²) in [6, 6.07) is 14.7. The molecule has 1 heterocycles. The molecule has 112 valence electrons. The number of anilines is 1. The minimum absolute atomic E-state index is 0.00523. The summed E-state index contributed by atoms with van der Waals surface area (Å²) in [6.07, 6.45) is 0. The number of nitro benzene ring substituents is 1. The molecule has 0 aliphatic rings. The number of nitro groups is 1. The Morgan fingerprint density at radius 3 is 2.57 bits per heavy atom. The lowest BCUT2D eigenvalue weighted by Crippen LogP contribution is -2.09. The van der Waals surface area contributed by atoms with E-state index in [1.165, 1.54) is 23.5 Å². The number of hydrogen-bond acceptors (Lipinski definition) is 5. The highest BCUT2D eigenvalue weighted by Crippen LogP contribution is 2.29. The van der Waals surface area contributed by atoms with Crippen LogP contribution in [0.4, 0.5) is 11.4 Å². The van der Waals surface area contributed by atoms with Crippen LogP contribution in [0.25, 0.3) is 10.1 Å². The van der Waals surface area contributed by atoms with Crippen LogP contribution in [0, 0.1) is 21.4 Å². The van der Waals surface area contributed by atoms with Crippen LogP contribution < -0.4 is 5.32 Å². The maximum atomic E-state index is 12.3. The van der Waals surface area contributed by atoms with Crippen molar-refractivity contribution in [2.45, 2.75) is 0 Å². The van der Waals surface area contributed by atoms with Gasteiger partial charge in [0.25, 0.3) is 11.6 Å². The number of non-ortho nitro benzene ring substituents is 1. The average molecular weight is 323 g/mol. The Labute approximate surface area is 134 Å². The topological polar surface area (TPSA) is 96.0 Å². The third-order valence-corrected chi connectivity index (χ3v) is 4.32. The molecular formula is C16H9N3O3S. The van der Waals surface area contributed by atoms with E-state index in [1.807, 2.05) is 6.07 Å². The summed E-state index contributed by atoms with van der Waals surface area (Å²) in [5, 5.41) is 22.9. The van der Waals surface area contributed by atoms with Crippen molar-refractivity contribution >= 4 is 38.7 Å². The van der Waals surface area contributed by atoms with Crippen molar-refractivity contribution < 1.29 is 9.72 Å². The van der Waals surface area contributed by atoms with E-state index >= 15 is 0 Å². The first-order chi connectivity index (χ1) is 11.1. The molecule has 3 aromatic rings. The van der Waals surface area contributed by atoms with Gasteiger partial charge in [-0.15, -0.1) is 11.3 Å². The molecule has 3 rings (SSSR count). The molecule has 0 unspecified atom stereocenters. The minimum atomic E-state index is -0.465. The molecule has 0 atom stereocenters. The molecule has 23 heavy (non-hydrogen) atoms. The van der Waals surface area contributed by atoms with E-state index in [-0.39, 0.29) is 11.6 Å². The van der Waals surface area contributed by atoms with Crippen molar-refractivity contribution in [3.8, 4) is 6.07 Å². The summed E-state index contributed by atoms with van der Waals surface area (Å²) in [5.41, 5.74) is 1.09. The van der Waals surface area contributed by atoms with E-state index in [1.54, 1.807) is 36.4 Å². The van der Waals surface area contributed by atoms with Crippen molar-refractivity contribution in [3.63, 3.8) is 0 Å². The molecule has 0 aliphatic carbocycles. The molecule has 0 saturated carbocycles. The third kappa shape index (κ3) is 3.02. The Bertz CT molecular complexity index is 955. The number of thiophene rings is 1. The van der Waals surface area contributed by atoms with Gasteiger partial charge in [-0.2, -0.15) is 5.26 Å². The standard InChI is InChI=1S/C16H9N3O3S/c17-9-10-1-3-12(4-2-10)18-16(20)15-8-11-7-13(19(21)22)5-6-14(11)23-15/h1-8H,(H,18,20). The fraction of sp³-hybridized carbons (Fsp3) is 0. The number of fused-ring (bicyclic) bond motifs is 1. The molecule has 7 heteroatoms. The highest BCUT2D eigenvalue weighted by atomic mass is 32.1. The minimum Gasteiger partial charge on any atom is -0.321 e. The van der Waals surface area contributed by atoms with E-state index in [2.05, 4.69) is 5.32 Å². The summed E-state index contributed by atoms with van der Waals surface area (Å²) in [4.78, 5) is 23.0. The van der Waals surface area contributed by atoms with Gasteiger partial charge < -0.3 is 5.32 Å². The van der Waals surface area contributed by atoms with Crippen molar-refractivity contribution in [3.05, 3.63) is 69.1 Å². The van der Waals surface area contributed by atoms with E-state index < -0.39 is 4.92 Å². The van der Waals surface area contributed by atoms with Gasteiger partial charge >= 0.3 is 0 Å². The Morgan fingerprint density at radius 1 is 1.17 bits per heavy atom. The number of nitriles is 1. The van der Waals surface area contributed by atoms with Gasteiger partial charge in [-0.1, -0.05) is 0 Å². The zero-order valence-electron chi connectivity index (χ0n) is 11.6.